The molecule has 3 rings (SSSR count). The number of carboxylic acid groups (broad SMARTS) is 1. The predicted octanol–water partition coefficient (Wildman–Crippen LogP) is 2.80. The van der Waals surface area contributed by atoms with Gasteiger partial charge in [0, 0.05) is 17.6 Å². The highest BCUT2D eigenvalue weighted by atomic mass is 79.9. The Kier molecular flexibility index (Phi) is 3.78. The molecular formula is C16H18BrNO3. The van der Waals surface area contributed by atoms with Gasteiger partial charge in [-0.05, 0) is 43.4 Å². The van der Waals surface area contributed by atoms with Crippen LogP contribution in [0.3, 0.4) is 0 Å². The number of benzene rings is 1. The number of carboxylic acids is 1. The number of aliphatic carboxylic acids is 1. The van der Waals surface area contributed by atoms with Crippen molar-refractivity contribution in [1.29, 1.82) is 0 Å². The van der Waals surface area contributed by atoms with E-state index in [0.29, 0.717) is 19.5 Å². The number of rotatable bonds is 3. The Morgan fingerprint density at radius 1 is 1.33 bits per heavy atom. The lowest BCUT2D eigenvalue weighted by atomic mass is 9.91. The number of hydrogen-bond donors (Lipinski definition) is 1. The van der Waals surface area contributed by atoms with Crippen LogP contribution < -0.4 is 0 Å². The number of hydrogen-bond acceptors (Lipinski definition) is 2. The van der Waals surface area contributed by atoms with E-state index in [1.807, 2.05) is 24.3 Å². The van der Waals surface area contributed by atoms with Crippen LogP contribution in [-0.4, -0.2) is 35.0 Å². The van der Waals surface area contributed by atoms with Crippen LogP contribution in [0.1, 0.15) is 31.2 Å². The molecule has 1 heterocycles. The van der Waals surface area contributed by atoms with E-state index in [9.17, 15) is 9.59 Å². The Balaban J connectivity index is 1.80. The van der Waals surface area contributed by atoms with Crippen LogP contribution in [0, 0.1) is 5.92 Å². The van der Waals surface area contributed by atoms with Gasteiger partial charge in [0.2, 0.25) is 5.91 Å². The molecule has 1 amide bonds. The predicted molar refractivity (Wildman–Crippen MR) is 82.0 cm³/mol. The first-order chi connectivity index (χ1) is 10.0. The van der Waals surface area contributed by atoms with Crippen LogP contribution in [0.15, 0.2) is 28.7 Å². The molecule has 1 saturated carbocycles. The average Bonchev–Trinajstić information content (AvgIpc) is 3.28. The second-order valence-electron chi connectivity index (χ2n) is 6.02. The molecule has 0 bridgehead atoms. The van der Waals surface area contributed by atoms with Crippen LogP contribution in [0.25, 0.3) is 0 Å². The highest BCUT2D eigenvalue weighted by Crippen LogP contribution is 2.50. The maximum atomic E-state index is 12.9. The molecule has 1 aliphatic heterocycles. The second-order valence-corrected chi connectivity index (χ2v) is 6.94. The van der Waals surface area contributed by atoms with Gasteiger partial charge < -0.3 is 10.0 Å². The summed E-state index contributed by atoms with van der Waals surface area (Å²) in [5.41, 5.74) is 0.629. The first kappa shape index (κ1) is 14.6. The molecule has 1 N–H and O–H groups in total. The van der Waals surface area contributed by atoms with E-state index in [0.717, 1.165) is 29.3 Å². The monoisotopic (exact) mass is 351 g/mol. The number of carbonyl (C=O) groups excluding carboxylic acids is 1. The van der Waals surface area contributed by atoms with Crippen molar-refractivity contribution in [3.63, 3.8) is 0 Å². The van der Waals surface area contributed by atoms with Crippen LogP contribution in [0.5, 0.6) is 0 Å². The van der Waals surface area contributed by atoms with Gasteiger partial charge in [-0.1, -0.05) is 28.1 Å². The molecule has 0 unspecified atom stereocenters. The van der Waals surface area contributed by atoms with Crippen molar-refractivity contribution < 1.29 is 14.7 Å². The van der Waals surface area contributed by atoms with Crippen molar-refractivity contribution in [3.05, 3.63) is 34.3 Å². The Bertz CT molecular complexity index is 583. The zero-order valence-electron chi connectivity index (χ0n) is 11.7. The van der Waals surface area contributed by atoms with E-state index in [1.165, 1.54) is 0 Å². The van der Waals surface area contributed by atoms with Crippen LogP contribution in [0.4, 0.5) is 0 Å². The first-order valence-corrected chi connectivity index (χ1v) is 8.10. The zero-order chi connectivity index (χ0) is 15.0. The molecule has 1 aliphatic carbocycles. The third-order valence-electron chi connectivity index (χ3n) is 4.59. The third kappa shape index (κ3) is 2.71. The molecule has 0 spiro atoms. The standard InChI is InChI=1S/C16H18BrNO3/c17-13-5-1-4-12(9-13)16(6-7-16)15(21)18-8-2-3-11(10-18)14(19)20/h1,4-5,9,11H,2-3,6-8,10H2,(H,19,20)/t11-/m0/s1. The summed E-state index contributed by atoms with van der Waals surface area (Å²) in [6.07, 6.45) is 3.16. The third-order valence-corrected chi connectivity index (χ3v) is 5.09. The second kappa shape index (κ2) is 5.44. The molecule has 1 atom stereocenters. The molecule has 0 aromatic heterocycles. The molecule has 21 heavy (non-hydrogen) atoms. The first-order valence-electron chi connectivity index (χ1n) is 7.31. The van der Waals surface area contributed by atoms with Gasteiger partial charge in [0.05, 0.1) is 11.3 Å². The van der Waals surface area contributed by atoms with Crippen LogP contribution in [-0.2, 0) is 15.0 Å². The van der Waals surface area contributed by atoms with Crippen LogP contribution in [0.2, 0.25) is 0 Å². The minimum atomic E-state index is -0.792. The number of carbonyl (C=O) groups is 2. The topological polar surface area (TPSA) is 57.6 Å². The number of nitrogens with zero attached hydrogens (tertiary/aromatic N) is 1. The molecule has 2 aliphatic rings. The van der Waals surface area contributed by atoms with Crippen molar-refractivity contribution in [1.82, 2.24) is 4.90 Å². The van der Waals surface area contributed by atoms with Crippen molar-refractivity contribution in [2.45, 2.75) is 31.1 Å². The van der Waals surface area contributed by atoms with Crippen molar-refractivity contribution >= 4 is 27.8 Å². The normalized spacial score (nSPS) is 23.7. The quantitative estimate of drug-likeness (QED) is 0.910. The van der Waals surface area contributed by atoms with Gasteiger partial charge in [0.25, 0.3) is 0 Å². The molecule has 0 radical (unpaired) electrons. The Hall–Kier alpha value is -1.36. The Morgan fingerprint density at radius 3 is 2.71 bits per heavy atom. The van der Waals surface area contributed by atoms with Crippen molar-refractivity contribution in [3.8, 4) is 0 Å². The Labute approximate surface area is 132 Å². The van der Waals surface area contributed by atoms with Gasteiger partial charge in [-0.3, -0.25) is 9.59 Å². The van der Waals surface area contributed by atoms with E-state index in [2.05, 4.69) is 15.9 Å². The summed E-state index contributed by atoms with van der Waals surface area (Å²) in [4.78, 5) is 25.8. The maximum Gasteiger partial charge on any atom is 0.308 e. The van der Waals surface area contributed by atoms with Gasteiger partial charge in [-0.15, -0.1) is 0 Å². The van der Waals surface area contributed by atoms with Crippen molar-refractivity contribution in [2.24, 2.45) is 5.92 Å². The van der Waals surface area contributed by atoms with E-state index >= 15 is 0 Å². The lowest BCUT2D eigenvalue weighted by Gasteiger charge is -2.33. The fourth-order valence-corrected chi connectivity index (χ4v) is 3.60. The lowest BCUT2D eigenvalue weighted by Crippen LogP contribution is -2.46. The fraction of sp³-hybridized carbons (Fsp3) is 0.500. The number of piperidine rings is 1. The average molecular weight is 352 g/mol. The summed E-state index contributed by atoms with van der Waals surface area (Å²) in [5, 5.41) is 9.17. The highest BCUT2D eigenvalue weighted by Gasteiger charge is 2.53. The number of halogens is 1. The smallest absolute Gasteiger partial charge is 0.308 e. The molecule has 5 heteroatoms. The molecule has 4 nitrogen and oxygen atoms in total. The highest BCUT2D eigenvalue weighted by molar-refractivity contribution is 9.10. The molecule has 2 fully saturated rings. The Morgan fingerprint density at radius 2 is 2.10 bits per heavy atom. The summed E-state index contributed by atoms with van der Waals surface area (Å²) >= 11 is 3.45. The van der Waals surface area contributed by atoms with Gasteiger partial charge in [-0.2, -0.15) is 0 Å². The number of likely N-dealkylation sites (tertiary alicyclic amines) is 1. The summed E-state index contributed by atoms with van der Waals surface area (Å²) in [7, 11) is 0. The molecule has 1 saturated heterocycles. The zero-order valence-corrected chi connectivity index (χ0v) is 13.3. The van der Waals surface area contributed by atoms with Gasteiger partial charge in [0.1, 0.15) is 0 Å². The minimum absolute atomic E-state index is 0.103. The van der Waals surface area contributed by atoms with Crippen LogP contribution >= 0.6 is 15.9 Å². The van der Waals surface area contributed by atoms with Gasteiger partial charge in [0.15, 0.2) is 0 Å². The summed E-state index contributed by atoms with van der Waals surface area (Å²) in [6.45, 7) is 1.03. The van der Waals surface area contributed by atoms with Crippen molar-refractivity contribution in [2.75, 3.05) is 13.1 Å². The number of amides is 1. The maximum absolute atomic E-state index is 12.9. The minimum Gasteiger partial charge on any atom is -0.481 e. The van der Waals surface area contributed by atoms with E-state index in [1.54, 1.807) is 4.90 Å². The van der Waals surface area contributed by atoms with E-state index < -0.39 is 17.3 Å². The van der Waals surface area contributed by atoms with E-state index in [-0.39, 0.29) is 5.91 Å². The lowest BCUT2D eigenvalue weighted by molar-refractivity contribution is -0.146. The SMILES string of the molecule is O=C(O)[C@H]1CCCN(C(=O)C2(c3cccc(Br)c3)CC2)C1. The molecule has 1 aromatic rings. The summed E-state index contributed by atoms with van der Waals surface area (Å²) in [6, 6.07) is 7.90. The molecular weight excluding hydrogens is 334 g/mol. The fourth-order valence-electron chi connectivity index (χ4n) is 3.20. The largest absolute Gasteiger partial charge is 0.481 e. The molecule has 112 valence electrons. The summed E-state index contributed by atoms with van der Waals surface area (Å²) in [5.74, 6) is -1.10. The van der Waals surface area contributed by atoms with Gasteiger partial charge >= 0.3 is 5.97 Å². The van der Waals surface area contributed by atoms with E-state index in [4.69, 9.17) is 5.11 Å². The summed E-state index contributed by atoms with van der Waals surface area (Å²) < 4.78 is 0.973. The van der Waals surface area contributed by atoms with Gasteiger partial charge in [-0.25, -0.2) is 0 Å². The molecule has 1 aromatic carbocycles.